The van der Waals surface area contributed by atoms with E-state index in [9.17, 15) is 14.4 Å². The highest BCUT2D eigenvalue weighted by Crippen LogP contribution is 2.25. The van der Waals surface area contributed by atoms with Crippen LogP contribution in [-0.4, -0.2) is 63.1 Å². The van der Waals surface area contributed by atoms with Crippen molar-refractivity contribution < 1.29 is 9.59 Å². The van der Waals surface area contributed by atoms with Crippen LogP contribution in [0.3, 0.4) is 0 Å². The Morgan fingerprint density at radius 1 is 1.33 bits per heavy atom. The highest BCUT2D eigenvalue weighted by Gasteiger charge is 2.36. The van der Waals surface area contributed by atoms with E-state index in [1.54, 1.807) is 16.5 Å². The first kappa shape index (κ1) is 18.0. The first-order chi connectivity index (χ1) is 13.0. The Kier molecular flexibility index (Phi) is 4.86. The number of likely N-dealkylation sites (tertiary alicyclic amines) is 2. The first-order valence-electron chi connectivity index (χ1n) is 9.26. The van der Waals surface area contributed by atoms with Crippen LogP contribution in [0.5, 0.6) is 0 Å². The van der Waals surface area contributed by atoms with E-state index in [2.05, 4.69) is 10.2 Å². The van der Waals surface area contributed by atoms with Crippen LogP contribution < -0.4 is 5.69 Å². The smallest absolute Gasteiger partial charge is 0.345 e. The van der Waals surface area contributed by atoms with E-state index in [0.29, 0.717) is 38.4 Å². The molecule has 1 unspecified atom stereocenters. The van der Waals surface area contributed by atoms with Crippen LogP contribution in [0.15, 0.2) is 22.3 Å². The average Bonchev–Trinajstić information content (AvgIpc) is 3.37. The SMILES string of the molecule is CN1CC(C(=O)N2CCC(Cc3n[nH]c(=O)n3-c3cccs3)CC2)CC1=O. The molecule has 0 bridgehead atoms. The minimum Gasteiger partial charge on any atom is -0.345 e. The van der Waals surface area contributed by atoms with Gasteiger partial charge in [0.15, 0.2) is 0 Å². The van der Waals surface area contributed by atoms with E-state index in [0.717, 1.165) is 23.7 Å². The number of aromatic nitrogens is 3. The maximum absolute atomic E-state index is 12.7. The quantitative estimate of drug-likeness (QED) is 0.840. The van der Waals surface area contributed by atoms with Crippen LogP contribution in [-0.2, 0) is 16.0 Å². The Morgan fingerprint density at radius 2 is 2.11 bits per heavy atom. The molecule has 2 amide bonds. The van der Waals surface area contributed by atoms with Crippen molar-refractivity contribution in [3.8, 4) is 5.00 Å². The highest BCUT2D eigenvalue weighted by atomic mass is 32.1. The predicted molar refractivity (Wildman–Crippen MR) is 101 cm³/mol. The maximum atomic E-state index is 12.7. The molecule has 8 nitrogen and oxygen atoms in total. The molecule has 2 saturated heterocycles. The van der Waals surface area contributed by atoms with Gasteiger partial charge in [-0.25, -0.2) is 14.5 Å². The number of rotatable bonds is 4. The second-order valence-electron chi connectivity index (χ2n) is 7.38. The van der Waals surface area contributed by atoms with Gasteiger partial charge in [-0.15, -0.1) is 11.3 Å². The Balaban J connectivity index is 1.36. The summed E-state index contributed by atoms with van der Waals surface area (Å²) in [7, 11) is 1.75. The molecule has 2 fully saturated rings. The third kappa shape index (κ3) is 3.55. The molecule has 2 aromatic rings. The first-order valence-corrected chi connectivity index (χ1v) is 10.1. The second kappa shape index (κ2) is 7.30. The molecule has 0 spiro atoms. The number of carbonyl (C=O) groups is 2. The molecule has 1 N–H and O–H groups in total. The summed E-state index contributed by atoms with van der Waals surface area (Å²) in [6.45, 7) is 1.93. The van der Waals surface area contributed by atoms with Gasteiger partial charge in [0.05, 0.1) is 5.92 Å². The molecule has 27 heavy (non-hydrogen) atoms. The topological polar surface area (TPSA) is 91.3 Å². The van der Waals surface area contributed by atoms with Crippen molar-refractivity contribution >= 4 is 23.2 Å². The van der Waals surface area contributed by atoms with Crippen LogP contribution >= 0.6 is 11.3 Å². The van der Waals surface area contributed by atoms with E-state index in [-0.39, 0.29) is 23.4 Å². The Labute approximate surface area is 160 Å². The van der Waals surface area contributed by atoms with Crippen LogP contribution in [0.1, 0.15) is 25.1 Å². The van der Waals surface area contributed by atoms with Gasteiger partial charge in [-0.05, 0) is 36.3 Å². The number of nitrogens with one attached hydrogen (secondary N) is 1. The number of hydrogen-bond donors (Lipinski definition) is 1. The number of H-pyrrole nitrogens is 1. The van der Waals surface area contributed by atoms with Gasteiger partial charge >= 0.3 is 5.69 Å². The van der Waals surface area contributed by atoms with Crippen molar-refractivity contribution in [3.63, 3.8) is 0 Å². The third-order valence-electron chi connectivity index (χ3n) is 5.56. The molecule has 4 rings (SSSR count). The fourth-order valence-corrected chi connectivity index (χ4v) is 4.74. The molecule has 4 heterocycles. The average molecular weight is 389 g/mol. The molecule has 9 heteroatoms. The number of hydrogen-bond acceptors (Lipinski definition) is 5. The number of thiophene rings is 1. The minimum atomic E-state index is -0.213. The summed E-state index contributed by atoms with van der Waals surface area (Å²) in [6.07, 6.45) is 2.81. The molecule has 0 aliphatic carbocycles. The lowest BCUT2D eigenvalue weighted by molar-refractivity contribution is -0.137. The van der Waals surface area contributed by atoms with Gasteiger partial charge in [0.2, 0.25) is 11.8 Å². The van der Waals surface area contributed by atoms with Gasteiger partial charge < -0.3 is 9.80 Å². The molecule has 0 radical (unpaired) electrons. The van der Waals surface area contributed by atoms with Crippen molar-refractivity contribution in [1.29, 1.82) is 0 Å². The van der Waals surface area contributed by atoms with Crippen LogP contribution in [0, 0.1) is 11.8 Å². The standard InChI is InChI=1S/C18H23N5O3S/c1-21-11-13(10-15(21)24)17(25)22-6-4-12(5-7-22)9-14-19-20-18(26)23(14)16-3-2-8-27-16/h2-3,8,12-13H,4-7,9-11H2,1H3,(H,20,26). The summed E-state index contributed by atoms with van der Waals surface area (Å²) in [5.74, 6) is 1.08. The second-order valence-corrected chi connectivity index (χ2v) is 8.31. The van der Waals surface area contributed by atoms with Crippen LogP contribution in [0.25, 0.3) is 5.00 Å². The molecule has 1 atom stereocenters. The molecular formula is C18H23N5O3S. The summed E-state index contributed by atoms with van der Waals surface area (Å²) in [5.41, 5.74) is -0.213. The van der Waals surface area contributed by atoms with Gasteiger partial charge in [-0.2, -0.15) is 5.10 Å². The summed E-state index contributed by atoms with van der Waals surface area (Å²) in [5, 5.41) is 9.56. The molecule has 0 aromatic carbocycles. The van der Waals surface area contributed by atoms with Crippen molar-refractivity contribution in [2.45, 2.75) is 25.7 Å². The summed E-state index contributed by atoms with van der Waals surface area (Å²) in [6, 6.07) is 3.82. The van der Waals surface area contributed by atoms with Crippen molar-refractivity contribution in [1.82, 2.24) is 24.6 Å². The minimum absolute atomic E-state index is 0.0494. The zero-order valence-electron chi connectivity index (χ0n) is 15.3. The van der Waals surface area contributed by atoms with Crippen LogP contribution in [0.2, 0.25) is 0 Å². The van der Waals surface area contributed by atoms with Gasteiger partial charge in [0, 0.05) is 39.5 Å². The Bertz CT molecular complexity index is 879. The Hall–Kier alpha value is -2.42. The Morgan fingerprint density at radius 3 is 2.74 bits per heavy atom. The number of nitrogens with zero attached hydrogens (tertiary/aromatic N) is 4. The van der Waals surface area contributed by atoms with E-state index >= 15 is 0 Å². The summed E-state index contributed by atoms with van der Waals surface area (Å²) < 4.78 is 1.64. The highest BCUT2D eigenvalue weighted by molar-refractivity contribution is 7.12. The largest absolute Gasteiger partial charge is 0.348 e. The molecular weight excluding hydrogens is 366 g/mol. The van der Waals surface area contributed by atoms with Gasteiger partial charge in [-0.1, -0.05) is 0 Å². The molecule has 144 valence electrons. The lowest BCUT2D eigenvalue weighted by Gasteiger charge is -2.33. The molecule has 0 saturated carbocycles. The lowest BCUT2D eigenvalue weighted by Crippen LogP contribution is -2.42. The fraction of sp³-hybridized carbons (Fsp3) is 0.556. The zero-order valence-corrected chi connectivity index (χ0v) is 16.1. The number of amides is 2. The van der Waals surface area contributed by atoms with Crippen molar-refractivity contribution in [3.05, 3.63) is 33.8 Å². The van der Waals surface area contributed by atoms with E-state index in [1.807, 2.05) is 22.4 Å². The predicted octanol–water partition coefficient (Wildman–Crippen LogP) is 0.881. The third-order valence-corrected chi connectivity index (χ3v) is 6.41. The van der Waals surface area contributed by atoms with Gasteiger partial charge in [-0.3, -0.25) is 9.59 Å². The number of aromatic amines is 1. The molecule has 2 aliphatic rings. The fourth-order valence-electron chi connectivity index (χ4n) is 3.99. The number of carbonyl (C=O) groups excluding carboxylic acids is 2. The van der Waals surface area contributed by atoms with Crippen molar-refractivity contribution in [2.24, 2.45) is 11.8 Å². The monoisotopic (exact) mass is 389 g/mol. The number of piperidine rings is 1. The molecule has 2 aliphatic heterocycles. The lowest BCUT2D eigenvalue weighted by atomic mass is 9.92. The zero-order chi connectivity index (χ0) is 19.0. The van der Waals surface area contributed by atoms with E-state index in [1.165, 1.54) is 11.3 Å². The van der Waals surface area contributed by atoms with E-state index in [4.69, 9.17) is 0 Å². The van der Waals surface area contributed by atoms with Crippen LogP contribution in [0.4, 0.5) is 0 Å². The maximum Gasteiger partial charge on any atom is 0.348 e. The summed E-state index contributed by atoms with van der Waals surface area (Å²) in [4.78, 5) is 39.9. The van der Waals surface area contributed by atoms with Crippen molar-refractivity contribution in [2.75, 3.05) is 26.7 Å². The van der Waals surface area contributed by atoms with Gasteiger partial charge in [0.1, 0.15) is 10.8 Å². The normalized spacial score (nSPS) is 21.2. The molecule has 2 aromatic heterocycles. The van der Waals surface area contributed by atoms with Gasteiger partial charge in [0.25, 0.3) is 0 Å². The summed E-state index contributed by atoms with van der Waals surface area (Å²) >= 11 is 1.51. The van der Waals surface area contributed by atoms with E-state index < -0.39 is 0 Å².